The topological polar surface area (TPSA) is 81.2 Å². The molecule has 0 radical (unpaired) electrons. The molecule has 1 aromatic rings. The van der Waals surface area contributed by atoms with Crippen LogP contribution in [-0.4, -0.2) is 24.3 Å². The van der Waals surface area contributed by atoms with Crippen LogP contribution in [-0.2, 0) is 4.74 Å². The Balaban J connectivity index is 2.46. The van der Waals surface area contributed by atoms with Gasteiger partial charge in [-0.1, -0.05) is 0 Å². The Morgan fingerprint density at radius 1 is 1.44 bits per heavy atom. The number of hydrogen-bond donors (Lipinski definition) is 1. The Bertz CT molecular complexity index is 385. The molecule has 0 saturated carbocycles. The molecule has 16 heavy (non-hydrogen) atoms. The van der Waals surface area contributed by atoms with E-state index in [0.717, 1.165) is 0 Å². The van der Waals surface area contributed by atoms with E-state index in [2.05, 4.69) is 4.98 Å². The molecule has 0 atom stereocenters. The summed E-state index contributed by atoms with van der Waals surface area (Å²) in [7, 11) is 0. The van der Waals surface area contributed by atoms with E-state index in [0.29, 0.717) is 24.8 Å². The molecule has 0 saturated heterocycles. The van der Waals surface area contributed by atoms with Crippen molar-refractivity contribution in [2.45, 2.75) is 20.0 Å². The molecule has 0 amide bonds. The van der Waals surface area contributed by atoms with Crippen molar-refractivity contribution >= 4 is 5.69 Å². The van der Waals surface area contributed by atoms with Crippen molar-refractivity contribution in [1.29, 1.82) is 5.26 Å². The van der Waals surface area contributed by atoms with Crippen LogP contribution in [0.2, 0.25) is 0 Å². The Morgan fingerprint density at radius 2 is 2.19 bits per heavy atom. The Morgan fingerprint density at radius 3 is 2.81 bits per heavy atom. The lowest BCUT2D eigenvalue weighted by Crippen LogP contribution is -2.12. The molecule has 2 N–H and O–H groups in total. The minimum absolute atomic E-state index is 0.178. The van der Waals surface area contributed by atoms with Crippen molar-refractivity contribution in [2.24, 2.45) is 0 Å². The van der Waals surface area contributed by atoms with Crippen molar-refractivity contribution in [2.75, 3.05) is 18.9 Å². The fourth-order valence-electron chi connectivity index (χ4n) is 1.05. The minimum atomic E-state index is 0.178. The highest BCUT2D eigenvalue weighted by molar-refractivity contribution is 5.50. The van der Waals surface area contributed by atoms with Crippen molar-refractivity contribution in [3.8, 4) is 11.9 Å². The average molecular weight is 221 g/mol. The summed E-state index contributed by atoms with van der Waals surface area (Å²) in [5, 5.41) is 8.71. The van der Waals surface area contributed by atoms with Gasteiger partial charge in [-0.25, -0.2) is 4.98 Å². The molecule has 1 heterocycles. The van der Waals surface area contributed by atoms with Gasteiger partial charge in [0.25, 0.3) is 0 Å². The third-order valence-corrected chi connectivity index (χ3v) is 1.79. The molecule has 0 aliphatic heterocycles. The van der Waals surface area contributed by atoms with Gasteiger partial charge in [-0.2, -0.15) is 5.26 Å². The first-order chi connectivity index (χ1) is 7.63. The molecule has 1 rings (SSSR count). The van der Waals surface area contributed by atoms with E-state index in [1.807, 2.05) is 19.9 Å². The van der Waals surface area contributed by atoms with E-state index in [-0.39, 0.29) is 11.8 Å². The number of nitriles is 1. The summed E-state index contributed by atoms with van der Waals surface area (Å²) < 4.78 is 10.6. The Kier molecular flexibility index (Phi) is 4.55. The molecule has 0 fully saturated rings. The van der Waals surface area contributed by atoms with E-state index in [9.17, 15) is 0 Å². The van der Waals surface area contributed by atoms with Gasteiger partial charge in [0.1, 0.15) is 12.7 Å². The van der Waals surface area contributed by atoms with Gasteiger partial charge >= 0.3 is 0 Å². The number of nitrogens with zero attached hydrogens (tertiary/aromatic N) is 2. The zero-order valence-electron chi connectivity index (χ0n) is 9.43. The highest BCUT2D eigenvalue weighted by Crippen LogP contribution is 2.13. The highest BCUT2D eigenvalue weighted by atomic mass is 16.5. The molecule has 0 aliphatic carbocycles. The second-order valence-electron chi connectivity index (χ2n) is 3.47. The number of rotatable bonds is 5. The van der Waals surface area contributed by atoms with Crippen molar-refractivity contribution < 1.29 is 9.47 Å². The molecule has 5 nitrogen and oxygen atoms in total. The normalized spacial score (nSPS) is 10.1. The largest absolute Gasteiger partial charge is 0.475 e. The summed E-state index contributed by atoms with van der Waals surface area (Å²) >= 11 is 0. The maximum absolute atomic E-state index is 8.71. The molecule has 0 bridgehead atoms. The van der Waals surface area contributed by atoms with Crippen LogP contribution in [0.4, 0.5) is 5.69 Å². The van der Waals surface area contributed by atoms with E-state index in [1.54, 1.807) is 12.1 Å². The maximum atomic E-state index is 8.71. The predicted molar refractivity (Wildman–Crippen MR) is 59.9 cm³/mol. The van der Waals surface area contributed by atoms with Gasteiger partial charge in [-0.3, -0.25) is 0 Å². The summed E-state index contributed by atoms with van der Waals surface area (Å²) in [6, 6.07) is 5.13. The monoisotopic (exact) mass is 221 g/mol. The number of aromatic nitrogens is 1. The number of pyridine rings is 1. The molecular formula is C11H15N3O2. The molecule has 1 aromatic heterocycles. The summed E-state index contributed by atoms with van der Waals surface area (Å²) in [6.45, 7) is 4.80. The number of ether oxygens (including phenoxy) is 2. The molecule has 0 spiro atoms. The van der Waals surface area contributed by atoms with Gasteiger partial charge in [-0.05, 0) is 19.9 Å². The van der Waals surface area contributed by atoms with Crippen LogP contribution in [0.1, 0.15) is 19.5 Å². The number of nitrogens with two attached hydrogens (primary N) is 1. The van der Waals surface area contributed by atoms with Crippen LogP contribution in [0.25, 0.3) is 0 Å². The molecule has 0 aromatic carbocycles. The summed E-state index contributed by atoms with van der Waals surface area (Å²) in [5.41, 5.74) is 6.07. The van der Waals surface area contributed by atoms with Crippen molar-refractivity contribution in [1.82, 2.24) is 4.98 Å². The predicted octanol–water partition coefficient (Wildman–Crippen LogP) is 1.34. The Labute approximate surface area is 94.8 Å². The highest BCUT2D eigenvalue weighted by Gasteiger charge is 2.02. The Hall–Kier alpha value is -1.80. The lowest BCUT2D eigenvalue weighted by atomic mass is 10.3. The lowest BCUT2D eigenvalue weighted by molar-refractivity contribution is 0.0542. The van der Waals surface area contributed by atoms with E-state index >= 15 is 0 Å². The third-order valence-electron chi connectivity index (χ3n) is 1.79. The first-order valence-electron chi connectivity index (χ1n) is 5.04. The second-order valence-corrected chi connectivity index (χ2v) is 3.47. The van der Waals surface area contributed by atoms with Crippen molar-refractivity contribution in [3.63, 3.8) is 0 Å². The van der Waals surface area contributed by atoms with Crippen LogP contribution in [0, 0.1) is 11.3 Å². The quantitative estimate of drug-likeness (QED) is 0.759. The van der Waals surface area contributed by atoms with E-state index < -0.39 is 0 Å². The maximum Gasteiger partial charge on any atom is 0.214 e. The number of anilines is 1. The molecule has 86 valence electrons. The van der Waals surface area contributed by atoms with Gasteiger partial charge in [0, 0.05) is 6.07 Å². The summed E-state index contributed by atoms with van der Waals surface area (Å²) in [6.07, 6.45) is 0.178. The van der Waals surface area contributed by atoms with Crippen LogP contribution < -0.4 is 10.5 Å². The third kappa shape index (κ3) is 3.75. The number of nitrogen functional groups attached to an aromatic ring is 1. The van der Waals surface area contributed by atoms with Crippen LogP contribution in [0.15, 0.2) is 12.1 Å². The molecule has 0 aliphatic rings. The second kappa shape index (κ2) is 5.93. The first kappa shape index (κ1) is 12.3. The van der Waals surface area contributed by atoms with Gasteiger partial charge in [0.05, 0.1) is 18.4 Å². The molecule has 5 heteroatoms. The first-order valence-corrected chi connectivity index (χ1v) is 5.04. The SMILES string of the molecule is CC(C)OCCOc1ccc(N)c(C#N)n1. The molecule has 0 unspecified atom stereocenters. The summed E-state index contributed by atoms with van der Waals surface area (Å²) in [4.78, 5) is 3.94. The van der Waals surface area contributed by atoms with Gasteiger partial charge < -0.3 is 15.2 Å². The smallest absolute Gasteiger partial charge is 0.214 e. The van der Waals surface area contributed by atoms with Gasteiger partial charge in [0.2, 0.25) is 5.88 Å². The van der Waals surface area contributed by atoms with Crippen LogP contribution >= 0.6 is 0 Å². The zero-order chi connectivity index (χ0) is 12.0. The van der Waals surface area contributed by atoms with E-state index in [4.69, 9.17) is 20.5 Å². The molecular weight excluding hydrogens is 206 g/mol. The standard InChI is InChI=1S/C11H15N3O2/c1-8(2)15-5-6-16-11-4-3-9(13)10(7-12)14-11/h3-4,8H,5-6,13H2,1-2H3. The fourth-order valence-corrected chi connectivity index (χ4v) is 1.05. The van der Waals surface area contributed by atoms with Crippen molar-refractivity contribution in [3.05, 3.63) is 17.8 Å². The van der Waals surface area contributed by atoms with Crippen LogP contribution in [0.5, 0.6) is 5.88 Å². The fraction of sp³-hybridized carbons (Fsp3) is 0.455. The van der Waals surface area contributed by atoms with Crippen LogP contribution in [0.3, 0.4) is 0 Å². The van der Waals surface area contributed by atoms with Gasteiger partial charge in [0.15, 0.2) is 5.69 Å². The average Bonchev–Trinajstić information content (AvgIpc) is 2.26. The minimum Gasteiger partial charge on any atom is -0.475 e. The van der Waals surface area contributed by atoms with E-state index in [1.165, 1.54) is 0 Å². The zero-order valence-corrected chi connectivity index (χ0v) is 9.43. The number of hydrogen-bond acceptors (Lipinski definition) is 5. The lowest BCUT2D eigenvalue weighted by Gasteiger charge is -2.08. The van der Waals surface area contributed by atoms with Gasteiger partial charge in [-0.15, -0.1) is 0 Å². The summed E-state index contributed by atoms with van der Waals surface area (Å²) in [5.74, 6) is 0.387.